The molecule has 1 amide bonds. The Hall–Kier alpha value is -3.66. The molecule has 0 radical (unpaired) electrons. The number of amides is 1. The van der Waals surface area contributed by atoms with Crippen LogP contribution in [0.4, 0.5) is 5.82 Å². The summed E-state index contributed by atoms with van der Waals surface area (Å²) in [4.78, 5) is 39.2. The third-order valence-corrected chi connectivity index (χ3v) is 7.98. The van der Waals surface area contributed by atoms with E-state index in [0.717, 1.165) is 0 Å². The maximum atomic E-state index is 13.3. The Kier molecular flexibility index (Phi) is 6.66. The highest BCUT2D eigenvalue weighted by Gasteiger charge is 2.43. The number of methoxy groups -OCH3 is 1. The zero-order valence-corrected chi connectivity index (χ0v) is 20.6. The van der Waals surface area contributed by atoms with Gasteiger partial charge in [0.2, 0.25) is 5.91 Å². The number of carbonyl (C=O) groups excluding carboxylic acids is 2. The second-order valence-electron chi connectivity index (χ2n) is 8.57. The highest BCUT2D eigenvalue weighted by Crippen LogP contribution is 2.36. The Morgan fingerprint density at radius 2 is 1.80 bits per heavy atom. The van der Waals surface area contributed by atoms with Crippen molar-refractivity contribution in [2.24, 2.45) is 0 Å². The van der Waals surface area contributed by atoms with E-state index in [-0.39, 0.29) is 28.8 Å². The Bertz CT molecular complexity index is 1370. The van der Waals surface area contributed by atoms with Crippen molar-refractivity contribution in [2.75, 3.05) is 18.2 Å². The normalized spacial score (nSPS) is 17.5. The van der Waals surface area contributed by atoms with Crippen molar-refractivity contribution < 1.29 is 22.7 Å². The summed E-state index contributed by atoms with van der Waals surface area (Å²) < 4.78 is 29.0. The first-order valence-electron chi connectivity index (χ1n) is 11.2. The Morgan fingerprint density at radius 3 is 2.43 bits per heavy atom. The zero-order valence-electron chi connectivity index (χ0n) is 19.7. The number of sulfone groups is 1. The number of ketones is 1. The number of nitrogens with one attached hydrogen (secondary N) is 1. The van der Waals surface area contributed by atoms with Gasteiger partial charge in [0.25, 0.3) is 0 Å². The molecule has 35 heavy (non-hydrogen) atoms. The van der Waals surface area contributed by atoms with Crippen molar-refractivity contribution >= 4 is 27.3 Å². The molecule has 2 aromatic heterocycles. The van der Waals surface area contributed by atoms with Crippen molar-refractivity contribution in [3.8, 4) is 5.75 Å². The van der Waals surface area contributed by atoms with Crippen LogP contribution < -0.4 is 10.1 Å². The van der Waals surface area contributed by atoms with Gasteiger partial charge in [-0.3, -0.25) is 9.59 Å². The van der Waals surface area contributed by atoms with Crippen LogP contribution in [0.15, 0.2) is 53.7 Å². The van der Waals surface area contributed by atoms with Crippen molar-refractivity contribution in [1.29, 1.82) is 0 Å². The number of aryl methyl sites for hydroxylation is 1. The maximum Gasteiger partial charge on any atom is 0.229 e. The lowest BCUT2D eigenvalue weighted by Crippen LogP contribution is -2.39. The van der Waals surface area contributed by atoms with Gasteiger partial charge in [-0.25, -0.2) is 23.4 Å². The molecule has 9 nitrogen and oxygen atoms in total. The monoisotopic (exact) mass is 494 g/mol. The summed E-state index contributed by atoms with van der Waals surface area (Å²) in [6.07, 6.45) is 4.18. The van der Waals surface area contributed by atoms with Crippen LogP contribution in [0, 0.1) is 0 Å². The smallest absolute Gasteiger partial charge is 0.229 e. The number of carbonyl (C=O) groups is 2. The predicted octanol–water partition coefficient (Wildman–Crippen LogP) is 2.94. The van der Waals surface area contributed by atoms with Gasteiger partial charge < -0.3 is 10.1 Å². The number of ether oxygens (including phenoxy) is 1. The van der Waals surface area contributed by atoms with E-state index in [1.165, 1.54) is 19.2 Å². The first kappa shape index (κ1) is 24.5. The number of fused-ring (bicyclic) bond motifs is 1. The number of hydrogen-bond donors (Lipinski definition) is 1. The van der Waals surface area contributed by atoms with Crippen LogP contribution in [-0.4, -0.2) is 47.9 Å². The van der Waals surface area contributed by atoms with Crippen LogP contribution in [0.2, 0.25) is 0 Å². The van der Waals surface area contributed by atoms with Gasteiger partial charge in [0, 0.05) is 5.56 Å². The van der Waals surface area contributed by atoms with Crippen LogP contribution >= 0.6 is 0 Å². The fourth-order valence-corrected chi connectivity index (χ4v) is 4.91. The molecule has 1 N–H and O–H groups in total. The van der Waals surface area contributed by atoms with Gasteiger partial charge in [-0.05, 0) is 49.6 Å². The van der Waals surface area contributed by atoms with Gasteiger partial charge in [0.1, 0.15) is 11.6 Å². The summed E-state index contributed by atoms with van der Waals surface area (Å²) in [5, 5.41) is 2.76. The summed E-state index contributed by atoms with van der Waals surface area (Å²) in [6.45, 7) is 3.41. The first-order valence-corrected chi connectivity index (χ1v) is 12.8. The van der Waals surface area contributed by atoms with E-state index in [2.05, 4.69) is 20.3 Å². The molecule has 182 valence electrons. The number of benzene rings is 1. The number of aromatic nitrogens is 3. The van der Waals surface area contributed by atoms with Crippen molar-refractivity contribution in [1.82, 2.24) is 15.0 Å². The number of rotatable bonds is 7. The first-order chi connectivity index (χ1) is 16.7. The highest BCUT2D eigenvalue weighted by atomic mass is 32.2. The lowest BCUT2D eigenvalue weighted by Gasteiger charge is -2.31. The van der Waals surface area contributed by atoms with Crippen molar-refractivity contribution in [3.05, 3.63) is 71.4 Å². The average molecular weight is 495 g/mol. The SMILES string of the molecule is CCS(=O)(=O)c1ccc(CC(=O)Nc2ccc3c(n2)CCC(C)(c2ncc(OC)cn2)C3=O)cc1. The van der Waals surface area contributed by atoms with E-state index in [0.29, 0.717) is 47.1 Å². The van der Waals surface area contributed by atoms with Gasteiger partial charge >= 0.3 is 0 Å². The van der Waals surface area contributed by atoms with Crippen LogP contribution in [0.3, 0.4) is 0 Å². The topological polar surface area (TPSA) is 128 Å². The van der Waals surface area contributed by atoms with Gasteiger partial charge in [0.15, 0.2) is 21.4 Å². The van der Waals surface area contributed by atoms with E-state index >= 15 is 0 Å². The second kappa shape index (κ2) is 9.53. The van der Waals surface area contributed by atoms with E-state index in [1.807, 2.05) is 6.92 Å². The van der Waals surface area contributed by atoms with E-state index in [9.17, 15) is 18.0 Å². The quantitative estimate of drug-likeness (QED) is 0.531. The largest absolute Gasteiger partial charge is 0.494 e. The summed E-state index contributed by atoms with van der Waals surface area (Å²) in [5.41, 5.74) is 0.918. The molecule has 1 aromatic carbocycles. The van der Waals surface area contributed by atoms with Crippen LogP contribution in [0.5, 0.6) is 5.75 Å². The van der Waals surface area contributed by atoms with Crippen LogP contribution in [0.25, 0.3) is 0 Å². The molecular formula is C25H26N4O5S. The summed E-state index contributed by atoms with van der Waals surface area (Å²) in [6, 6.07) is 9.55. The molecule has 0 saturated heterocycles. The molecule has 0 aliphatic heterocycles. The second-order valence-corrected chi connectivity index (χ2v) is 10.8. The molecule has 0 bridgehead atoms. The van der Waals surface area contributed by atoms with Gasteiger partial charge in [-0.2, -0.15) is 0 Å². The number of hydrogen-bond acceptors (Lipinski definition) is 8. The Balaban J connectivity index is 1.46. The zero-order chi connectivity index (χ0) is 25.2. The molecule has 1 aliphatic carbocycles. The van der Waals surface area contributed by atoms with Crippen molar-refractivity contribution in [3.63, 3.8) is 0 Å². The molecule has 2 heterocycles. The van der Waals surface area contributed by atoms with E-state index < -0.39 is 15.3 Å². The van der Waals surface area contributed by atoms with E-state index in [1.54, 1.807) is 43.6 Å². The predicted molar refractivity (Wildman–Crippen MR) is 129 cm³/mol. The Labute approximate surface area is 203 Å². The molecule has 0 fully saturated rings. The molecule has 0 saturated carbocycles. The van der Waals surface area contributed by atoms with Gasteiger partial charge in [0.05, 0.1) is 47.7 Å². The lowest BCUT2D eigenvalue weighted by atomic mass is 9.72. The fraction of sp³-hybridized carbons (Fsp3) is 0.320. The minimum atomic E-state index is -3.29. The average Bonchev–Trinajstić information content (AvgIpc) is 2.86. The van der Waals surface area contributed by atoms with Gasteiger partial charge in [-0.1, -0.05) is 19.1 Å². The molecule has 3 aromatic rings. The fourth-order valence-electron chi connectivity index (χ4n) is 4.02. The molecule has 1 unspecified atom stereocenters. The molecule has 4 rings (SSSR count). The van der Waals surface area contributed by atoms with Crippen LogP contribution in [-0.2, 0) is 32.9 Å². The van der Waals surface area contributed by atoms with Gasteiger partial charge in [-0.15, -0.1) is 0 Å². The molecule has 1 aliphatic rings. The number of Topliss-reactive ketones (excluding diaryl/α,β-unsaturated/α-hetero) is 1. The summed E-state index contributed by atoms with van der Waals surface area (Å²) >= 11 is 0. The molecule has 0 spiro atoms. The third-order valence-electron chi connectivity index (χ3n) is 6.23. The molecule has 10 heteroatoms. The number of pyridine rings is 1. The third kappa shape index (κ3) is 4.93. The minimum Gasteiger partial charge on any atom is -0.494 e. The standard InChI is InChI=1S/C25H26N4O5S/c1-4-35(32,33)18-7-5-16(6-8-18)13-22(30)29-21-10-9-19-20(28-21)11-12-25(2,23(19)31)24-26-14-17(34-3)15-27-24/h5-10,14-15H,4,11-13H2,1-3H3,(H,28,29,30). The van der Waals surface area contributed by atoms with Crippen LogP contribution in [0.1, 0.15) is 47.7 Å². The minimum absolute atomic E-state index is 0.0195. The maximum absolute atomic E-state index is 13.3. The highest BCUT2D eigenvalue weighted by molar-refractivity contribution is 7.91. The van der Waals surface area contributed by atoms with E-state index in [4.69, 9.17) is 4.74 Å². The summed E-state index contributed by atoms with van der Waals surface area (Å²) in [7, 11) is -1.76. The molecular weight excluding hydrogens is 468 g/mol. The summed E-state index contributed by atoms with van der Waals surface area (Å²) in [5.74, 6) is 0.926. The number of nitrogens with zero attached hydrogens (tertiary/aromatic N) is 3. The lowest BCUT2D eigenvalue weighted by molar-refractivity contribution is -0.115. The van der Waals surface area contributed by atoms with Crippen molar-refractivity contribution in [2.45, 2.75) is 43.4 Å². The molecule has 1 atom stereocenters. The Morgan fingerprint density at radius 1 is 1.11 bits per heavy atom. The number of anilines is 1.